The van der Waals surface area contributed by atoms with Crippen LogP contribution in [0, 0.1) is 0 Å². The summed E-state index contributed by atoms with van der Waals surface area (Å²) < 4.78 is 35.6. The van der Waals surface area contributed by atoms with Crippen LogP contribution in [-0.4, -0.2) is 42.7 Å². The van der Waals surface area contributed by atoms with Gasteiger partial charge in [-0.1, -0.05) is 0 Å². The Bertz CT molecular complexity index is 216. The minimum absolute atomic E-state index is 0.232. The van der Waals surface area contributed by atoms with Crippen molar-refractivity contribution in [3.63, 3.8) is 0 Å². The molecule has 0 aliphatic carbocycles. The molecular formula is C9H17F3N2O. The van der Waals surface area contributed by atoms with Gasteiger partial charge < -0.3 is 10.2 Å². The largest absolute Gasteiger partial charge is 0.471 e. The predicted octanol–water partition coefficient (Wildman–Crippen LogP) is 1.39. The van der Waals surface area contributed by atoms with Crippen LogP contribution < -0.4 is 5.32 Å². The lowest BCUT2D eigenvalue weighted by atomic mass is 10.2. The zero-order valence-electron chi connectivity index (χ0n) is 9.35. The average molecular weight is 226 g/mol. The first-order valence-corrected chi connectivity index (χ1v) is 4.72. The lowest BCUT2D eigenvalue weighted by Crippen LogP contribution is -2.47. The molecular weight excluding hydrogens is 209 g/mol. The van der Waals surface area contributed by atoms with E-state index >= 15 is 0 Å². The number of carbonyl (C=O) groups excluding carboxylic acids is 1. The molecule has 90 valence electrons. The van der Waals surface area contributed by atoms with Crippen LogP contribution in [0.4, 0.5) is 13.2 Å². The quantitative estimate of drug-likeness (QED) is 0.785. The minimum Gasteiger partial charge on any atom is -0.345 e. The van der Waals surface area contributed by atoms with Crippen molar-refractivity contribution in [1.29, 1.82) is 0 Å². The van der Waals surface area contributed by atoms with Crippen molar-refractivity contribution in [2.45, 2.75) is 39.0 Å². The summed E-state index contributed by atoms with van der Waals surface area (Å²) in [6, 6.07) is -0.290. The first-order chi connectivity index (χ1) is 6.64. The summed E-state index contributed by atoms with van der Waals surface area (Å²) >= 11 is 0. The zero-order valence-corrected chi connectivity index (χ0v) is 9.35. The summed E-state index contributed by atoms with van der Waals surface area (Å²) in [6.45, 7) is 5.79. The minimum atomic E-state index is -4.80. The summed E-state index contributed by atoms with van der Waals surface area (Å²) in [5, 5.41) is 1.90. The number of alkyl halides is 3. The monoisotopic (exact) mass is 226 g/mol. The third kappa shape index (κ3) is 5.61. The molecule has 0 aliphatic heterocycles. The van der Waals surface area contributed by atoms with Crippen molar-refractivity contribution in [3.8, 4) is 0 Å². The van der Waals surface area contributed by atoms with E-state index in [4.69, 9.17) is 0 Å². The number of amides is 1. The van der Waals surface area contributed by atoms with Gasteiger partial charge in [0.05, 0.1) is 0 Å². The molecule has 3 nitrogen and oxygen atoms in total. The van der Waals surface area contributed by atoms with Gasteiger partial charge >= 0.3 is 12.1 Å². The molecule has 0 fully saturated rings. The Labute approximate surface area is 87.6 Å². The normalized spacial score (nSPS) is 14.5. The van der Waals surface area contributed by atoms with Gasteiger partial charge in [-0.05, 0) is 27.8 Å². The lowest BCUT2D eigenvalue weighted by Gasteiger charge is -2.25. The Morgan fingerprint density at radius 2 is 1.80 bits per heavy atom. The number of hydrogen-bond acceptors (Lipinski definition) is 2. The van der Waals surface area contributed by atoms with E-state index in [1.54, 1.807) is 14.0 Å². The Balaban J connectivity index is 4.05. The van der Waals surface area contributed by atoms with Gasteiger partial charge in [0.1, 0.15) is 0 Å². The van der Waals surface area contributed by atoms with Crippen LogP contribution in [0.1, 0.15) is 20.8 Å². The van der Waals surface area contributed by atoms with Crippen LogP contribution in [0.25, 0.3) is 0 Å². The predicted molar refractivity (Wildman–Crippen MR) is 51.4 cm³/mol. The van der Waals surface area contributed by atoms with E-state index in [-0.39, 0.29) is 6.04 Å². The molecule has 0 saturated carbocycles. The van der Waals surface area contributed by atoms with Crippen molar-refractivity contribution < 1.29 is 18.0 Å². The van der Waals surface area contributed by atoms with Crippen molar-refractivity contribution in [2.24, 2.45) is 0 Å². The van der Waals surface area contributed by atoms with Gasteiger partial charge in [0.15, 0.2) is 0 Å². The zero-order chi connectivity index (χ0) is 12.2. The summed E-state index contributed by atoms with van der Waals surface area (Å²) in [4.78, 5) is 12.4. The topological polar surface area (TPSA) is 32.3 Å². The number of carbonyl (C=O) groups is 1. The Morgan fingerprint density at radius 3 is 2.13 bits per heavy atom. The van der Waals surface area contributed by atoms with E-state index in [1.165, 1.54) is 0 Å². The number of likely N-dealkylation sites (N-methyl/N-ethyl adjacent to an activating group) is 1. The lowest BCUT2D eigenvalue weighted by molar-refractivity contribution is -0.174. The number of nitrogens with one attached hydrogen (secondary N) is 1. The van der Waals surface area contributed by atoms with Crippen LogP contribution in [0.15, 0.2) is 0 Å². The molecule has 0 rings (SSSR count). The second-order valence-corrected chi connectivity index (χ2v) is 3.91. The first kappa shape index (κ1) is 14.2. The van der Waals surface area contributed by atoms with Crippen molar-refractivity contribution >= 4 is 5.91 Å². The highest BCUT2D eigenvalue weighted by Gasteiger charge is 2.39. The van der Waals surface area contributed by atoms with Gasteiger partial charge in [0.2, 0.25) is 0 Å². The molecule has 15 heavy (non-hydrogen) atoms. The van der Waals surface area contributed by atoms with Crippen LogP contribution in [0.5, 0.6) is 0 Å². The summed E-state index contributed by atoms with van der Waals surface area (Å²) in [7, 11) is 1.79. The molecule has 0 aromatic rings. The number of halogens is 3. The van der Waals surface area contributed by atoms with E-state index in [0.717, 1.165) is 0 Å². The fourth-order valence-corrected chi connectivity index (χ4v) is 0.994. The van der Waals surface area contributed by atoms with Gasteiger partial charge in [-0.3, -0.25) is 4.79 Å². The second-order valence-electron chi connectivity index (χ2n) is 3.91. The fourth-order valence-electron chi connectivity index (χ4n) is 0.994. The average Bonchev–Trinajstić information content (AvgIpc) is 2.01. The molecule has 1 N–H and O–H groups in total. The Kier molecular flexibility index (Phi) is 5.07. The second kappa shape index (κ2) is 5.34. The van der Waals surface area contributed by atoms with Crippen molar-refractivity contribution in [3.05, 3.63) is 0 Å². The van der Waals surface area contributed by atoms with Gasteiger partial charge in [-0.15, -0.1) is 0 Å². The van der Waals surface area contributed by atoms with E-state index in [0.29, 0.717) is 6.54 Å². The maximum absolute atomic E-state index is 11.9. The summed E-state index contributed by atoms with van der Waals surface area (Å²) in [6.07, 6.45) is -4.80. The van der Waals surface area contributed by atoms with Crippen molar-refractivity contribution in [1.82, 2.24) is 10.2 Å². The SMILES string of the molecule is CC(C)N(C)C[C@@H](C)NC(=O)C(F)(F)F. The molecule has 0 aromatic heterocycles. The van der Waals surface area contributed by atoms with Crippen LogP contribution in [-0.2, 0) is 4.79 Å². The standard InChI is InChI=1S/C9H17F3N2O/c1-6(2)14(4)5-7(3)13-8(15)9(10,11)12/h6-7H,5H2,1-4H3,(H,13,15)/t7-/m1/s1. The summed E-state index contributed by atoms with van der Waals surface area (Å²) in [5.74, 6) is -1.88. The Morgan fingerprint density at radius 1 is 1.33 bits per heavy atom. The highest BCUT2D eigenvalue weighted by Crippen LogP contribution is 2.14. The maximum Gasteiger partial charge on any atom is 0.471 e. The van der Waals surface area contributed by atoms with Crippen LogP contribution in [0.2, 0.25) is 0 Å². The number of hydrogen-bond donors (Lipinski definition) is 1. The molecule has 0 saturated heterocycles. The highest BCUT2D eigenvalue weighted by atomic mass is 19.4. The molecule has 6 heteroatoms. The van der Waals surface area contributed by atoms with E-state index in [2.05, 4.69) is 0 Å². The third-order valence-electron chi connectivity index (χ3n) is 2.08. The molecule has 0 heterocycles. The third-order valence-corrected chi connectivity index (χ3v) is 2.08. The van der Waals surface area contributed by atoms with Gasteiger partial charge in [-0.25, -0.2) is 0 Å². The van der Waals surface area contributed by atoms with E-state index < -0.39 is 18.1 Å². The van der Waals surface area contributed by atoms with Crippen LogP contribution >= 0.6 is 0 Å². The number of nitrogens with zero attached hydrogens (tertiary/aromatic N) is 1. The molecule has 0 radical (unpaired) electrons. The molecule has 0 spiro atoms. The first-order valence-electron chi connectivity index (χ1n) is 4.72. The molecule has 1 atom stereocenters. The Hall–Kier alpha value is -0.780. The van der Waals surface area contributed by atoms with Gasteiger partial charge in [0.25, 0.3) is 0 Å². The summed E-state index contributed by atoms with van der Waals surface area (Å²) in [5.41, 5.74) is 0. The van der Waals surface area contributed by atoms with Gasteiger partial charge in [-0.2, -0.15) is 13.2 Å². The van der Waals surface area contributed by atoms with Gasteiger partial charge in [0, 0.05) is 18.6 Å². The molecule has 0 aliphatic rings. The highest BCUT2D eigenvalue weighted by molar-refractivity contribution is 5.81. The molecule has 1 amide bonds. The molecule has 0 aromatic carbocycles. The molecule has 0 bridgehead atoms. The fraction of sp³-hybridized carbons (Fsp3) is 0.889. The molecule has 0 unspecified atom stereocenters. The van der Waals surface area contributed by atoms with E-state index in [1.807, 2.05) is 24.1 Å². The maximum atomic E-state index is 11.9. The number of rotatable bonds is 4. The van der Waals surface area contributed by atoms with E-state index in [9.17, 15) is 18.0 Å². The smallest absolute Gasteiger partial charge is 0.345 e. The van der Waals surface area contributed by atoms with Crippen LogP contribution in [0.3, 0.4) is 0 Å². The van der Waals surface area contributed by atoms with Crippen molar-refractivity contribution in [2.75, 3.05) is 13.6 Å².